The molecule has 1 aromatic carbocycles. The standard InChI is InChI=1S/C20H19N5O2S/c26-18(13-6-7-13)22-20-21-14-8-9-25(11-17(14)28-20)19(27)16-10-15(23-24-16)12-4-2-1-3-5-12/h1-5,10,13H,6-9,11H2,(H,23,24)(H,21,22,26). The first-order valence-electron chi connectivity index (χ1n) is 9.37. The van der Waals surface area contributed by atoms with Crippen molar-refractivity contribution in [3.8, 4) is 11.3 Å². The summed E-state index contributed by atoms with van der Waals surface area (Å²) in [6.45, 7) is 1.11. The van der Waals surface area contributed by atoms with Gasteiger partial charge in [0.1, 0.15) is 5.69 Å². The number of nitrogens with one attached hydrogen (secondary N) is 2. The summed E-state index contributed by atoms with van der Waals surface area (Å²) in [6, 6.07) is 11.6. The molecule has 1 saturated carbocycles. The average Bonchev–Trinajstić information content (AvgIpc) is 3.32. The number of hydrogen-bond donors (Lipinski definition) is 2. The quantitative estimate of drug-likeness (QED) is 0.713. The second kappa shape index (κ2) is 6.87. The summed E-state index contributed by atoms with van der Waals surface area (Å²) in [7, 11) is 0. The second-order valence-electron chi connectivity index (χ2n) is 7.16. The lowest BCUT2D eigenvalue weighted by atomic mass is 10.1. The van der Waals surface area contributed by atoms with E-state index in [1.165, 1.54) is 11.3 Å². The van der Waals surface area contributed by atoms with E-state index in [-0.39, 0.29) is 17.7 Å². The smallest absolute Gasteiger partial charge is 0.272 e. The molecule has 1 aliphatic carbocycles. The van der Waals surface area contributed by atoms with Gasteiger partial charge in [-0.05, 0) is 18.9 Å². The van der Waals surface area contributed by atoms with Gasteiger partial charge in [-0.3, -0.25) is 14.7 Å². The number of aromatic nitrogens is 3. The highest BCUT2D eigenvalue weighted by Crippen LogP contribution is 2.33. The van der Waals surface area contributed by atoms with Crippen molar-refractivity contribution >= 4 is 28.3 Å². The van der Waals surface area contributed by atoms with Crippen LogP contribution in [0.5, 0.6) is 0 Å². The van der Waals surface area contributed by atoms with Crippen molar-refractivity contribution in [2.75, 3.05) is 11.9 Å². The Morgan fingerprint density at radius 3 is 2.82 bits per heavy atom. The lowest BCUT2D eigenvalue weighted by molar-refractivity contribution is -0.117. The third-order valence-electron chi connectivity index (χ3n) is 5.07. The van der Waals surface area contributed by atoms with Crippen LogP contribution >= 0.6 is 11.3 Å². The number of anilines is 1. The van der Waals surface area contributed by atoms with Crippen molar-refractivity contribution in [1.29, 1.82) is 0 Å². The van der Waals surface area contributed by atoms with E-state index in [0.717, 1.165) is 34.7 Å². The summed E-state index contributed by atoms with van der Waals surface area (Å²) in [5.41, 5.74) is 3.19. The molecule has 0 radical (unpaired) electrons. The molecule has 1 fully saturated rings. The highest BCUT2D eigenvalue weighted by Gasteiger charge is 2.31. The van der Waals surface area contributed by atoms with Crippen LogP contribution in [0, 0.1) is 5.92 Å². The Hall–Kier alpha value is -3.00. The van der Waals surface area contributed by atoms with Crippen molar-refractivity contribution in [3.05, 3.63) is 52.7 Å². The molecular formula is C20H19N5O2S. The lowest BCUT2D eigenvalue weighted by Gasteiger charge is -2.25. The molecule has 7 nitrogen and oxygen atoms in total. The van der Waals surface area contributed by atoms with E-state index in [1.54, 1.807) is 11.0 Å². The van der Waals surface area contributed by atoms with Gasteiger partial charge in [0, 0.05) is 29.3 Å². The van der Waals surface area contributed by atoms with Crippen LogP contribution in [-0.4, -0.2) is 38.4 Å². The van der Waals surface area contributed by atoms with Gasteiger partial charge in [-0.2, -0.15) is 5.10 Å². The third-order valence-corrected chi connectivity index (χ3v) is 6.07. The third kappa shape index (κ3) is 3.31. The Morgan fingerprint density at radius 2 is 2.04 bits per heavy atom. The van der Waals surface area contributed by atoms with Gasteiger partial charge >= 0.3 is 0 Å². The van der Waals surface area contributed by atoms with Gasteiger partial charge in [0.25, 0.3) is 5.91 Å². The first-order chi connectivity index (χ1) is 13.7. The van der Waals surface area contributed by atoms with Gasteiger partial charge in [0.05, 0.1) is 17.9 Å². The van der Waals surface area contributed by atoms with Gasteiger partial charge in [-0.15, -0.1) is 0 Å². The number of rotatable bonds is 4. The number of hydrogen-bond acceptors (Lipinski definition) is 5. The second-order valence-corrected chi connectivity index (χ2v) is 8.25. The SMILES string of the molecule is O=C(Nc1nc2c(s1)CN(C(=O)c1cc(-c3ccccc3)n[nH]1)CC2)C1CC1. The molecule has 0 unspecified atom stereocenters. The summed E-state index contributed by atoms with van der Waals surface area (Å²) in [5.74, 6) is 0.139. The highest BCUT2D eigenvalue weighted by molar-refractivity contribution is 7.15. The first-order valence-corrected chi connectivity index (χ1v) is 10.2. The lowest BCUT2D eigenvalue weighted by Crippen LogP contribution is -2.35. The molecule has 5 rings (SSSR count). The molecule has 2 N–H and O–H groups in total. The van der Waals surface area contributed by atoms with E-state index in [2.05, 4.69) is 20.5 Å². The van der Waals surface area contributed by atoms with Crippen LogP contribution in [0.2, 0.25) is 0 Å². The van der Waals surface area contributed by atoms with Crippen LogP contribution in [0.3, 0.4) is 0 Å². The summed E-state index contributed by atoms with van der Waals surface area (Å²) in [4.78, 5) is 32.2. The molecule has 1 aliphatic heterocycles. The van der Waals surface area contributed by atoms with E-state index in [9.17, 15) is 9.59 Å². The molecule has 0 bridgehead atoms. The summed E-state index contributed by atoms with van der Waals surface area (Å²) < 4.78 is 0. The maximum absolute atomic E-state index is 12.9. The van der Waals surface area contributed by atoms with Crippen molar-refractivity contribution in [2.45, 2.75) is 25.8 Å². The number of aromatic amines is 1. The number of carbonyl (C=O) groups is 2. The van der Waals surface area contributed by atoms with Crippen molar-refractivity contribution in [1.82, 2.24) is 20.1 Å². The number of thiazole rings is 1. The monoisotopic (exact) mass is 393 g/mol. The largest absolute Gasteiger partial charge is 0.332 e. The fourth-order valence-electron chi connectivity index (χ4n) is 3.33. The molecule has 2 amide bonds. The van der Waals surface area contributed by atoms with E-state index in [1.807, 2.05) is 30.3 Å². The Labute approximate surface area is 165 Å². The Balaban J connectivity index is 1.29. The summed E-state index contributed by atoms with van der Waals surface area (Å²) in [5, 5.41) is 10.7. The molecule has 3 heterocycles. The molecule has 0 spiro atoms. The van der Waals surface area contributed by atoms with E-state index >= 15 is 0 Å². The zero-order chi connectivity index (χ0) is 19.1. The van der Waals surface area contributed by atoms with Gasteiger partial charge < -0.3 is 10.2 Å². The maximum Gasteiger partial charge on any atom is 0.272 e. The number of nitrogens with zero attached hydrogens (tertiary/aromatic N) is 3. The van der Waals surface area contributed by atoms with Crippen LogP contribution in [0.4, 0.5) is 5.13 Å². The average molecular weight is 393 g/mol. The first kappa shape index (κ1) is 17.1. The normalized spacial score (nSPS) is 15.9. The number of carbonyl (C=O) groups excluding carboxylic acids is 2. The van der Waals surface area contributed by atoms with Crippen LogP contribution in [0.15, 0.2) is 36.4 Å². The van der Waals surface area contributed by atoms with Gasteiger partial charge in [0.15, 0.2) is 5.13 Å². The van der Waals surface area contributed by atoms with Crippen molar-refractivity contribution in [2.24, 2.45) is 5.92 Å². The van der Waals surface area contributed by atoms with Gasteiger partial charge in [-0.25, -0.2) is 4.98 Å². The number of H-pyrrole nitrogens is 1. The van der Waals surface area contributed by atoms with Crippen molar-refractivity contribution < 1.29 is 9.59 Å². The van der Waals surface area contributed by atoms with Gasteiger partial charge in [0.2, 0.25) is 5.91 Å². The Morgan fingerprint density at radius 1 is 1.21 bits per heavy atom. The minimum atomic E-state index is -0.0719. The molecular weight excluding hydrogens is 374 g/mol. The van der Waals surface area contributed by atoms with Gasteiger partial charge in [-0.1, -0.05) is 41.7 Å². The Kier molecular flexibility index (Phi) is 4.20. The number of amides is 2. The molecule has 8 heteroatoms. The number of benzene rings is 1. The molecule has 142 valence electrons. The van der Waals surface area contributed by atoms with Crippen LogP contribution < -0.4 is 5.32 Å². The highest BCUT2D eigenvalue weighted by atomic mass is 32.1. The van der Waals surface area contributed by atoms with E-state index < -0.39 is 0 Å². The van der Waals surface area contributed by atoms with Crippen LogP contribution in [-0.2, 0) is 17.8 Å². The van der Waals surface area contributed by atoms with Crippen molar-refractivity contribution in [3.63, 3.8) is 0 Å². The van der Waals surface area contributed by atoms with E-state index in [4.69, 9.17) is 0 Å². The van der Waals surface area contributed by atoms with Crippen LogP contribution in [0.1, 0.15) is 33.9 Å². The zero-order valence-corrected chi connectivity index (χ0v) is 16.0. The van der Waals surface area contributed by atoms with E-state index in [0.29, 0.717) is 30.3 Å². The predicted molar refractivity (Wildman–Crippen MR) is 106 cm³/mol. The summed E-state index contributed by atoms with van der Waals surface area (Å²) >= 11 is 1.46. The Bertz CT molecular complexity index is 1040. The molecule has 2 aromatic heterocycles. The molecule has 2 aliphatic rings. The number of fused-ring (bicyclic) bond motifs is 1. The summed E-state index contributed by atoms with van der Waals surface area (Å²) in [6.07, 6.45) is 2.62. The fourth-order valence-corrected chi connectivity index (χ4v) is 4.36. The molecule has 3 aromatic rings. The minimum absolute atomic E-state index is 0.0601. The topological polar surface area (TPSA) is 91.0 Å². The molecule has 0 atom stereocenters. The fraction of sp³-hybridized carbons (Fsp3) is 0.300. The minimum Gasteiger partial charge on any atom is -0.332 e. The maximum atomic E-state index is 12.9. The molecule has 28 heavy (non-hydrogen) atoms. The molecule has 0 saturated heterocycles. The zero-order valence-electron chi connectivity index (χ0n) is 15.1. The predicted octanol–water partition coefficient (Wildman–Crippen LogP) is 3.08. The van der Waals surface area contributed by atoms with Crippen LogP contribution in [0.25, 0.3) is 11.3 Å².